The number of carbonyl (C=O) groups excluding carboxylic acids is 2. The maximum atomic E-state index is 14.1. The van der Waals surface area contributed by atoms with Crippen LogP contribution in [0.3, 0.4) is 0 Å². The van der Waals surface area contributed by atoms with Crippen LogP contribution in [0.25, 0.3) is 0 Å². The summed E-state index contributed by atoms with van der Waals surface area (Å²) >= 11 is 1.12. The Kier molecular flexibility index (Phi) is 5.69. The Morgan fingerprint density at radius 1 is 1.29 bits per heavy atom. The van der Waals surface area contributed by atoms with E-state index in [2.05, 4.69) is 10.8 Å². The molecule has 0 bridgehead atoms. The fraction of sp³-hybridized carbons (Fsp3) is 0.294. The zero-order chi connectivity index (χ0) is 17.9. The van der Waals surface area contributed by atoms with Crippen LogP contribution in [0.2, 0.25) is 0 Å². The normalized spacial score (nSPS) is 10.5. The van der Waals surface area contributed by atoms with Crippen LogP contribution in [-0.2, 0) is 4.84 Å². The number of nitrogens with one attached hydrogen (secondary N) is 2. The molecule has 0 aliphatic heterocycles. The van der Waals surface area contributed by atoms with Crippen LogP contribution in [0.5, 0.6) is 0 Å². The minimum absolute atomic E-state index is 0.152. The number of rotatable bonds is 6. The van der Waals surface area contributed by atoms with Gasteiger partial charge in [0.05, 0.1) is 22.7 Å². The maximum Gasteiger partial charge on any atom is 0.278 e. The van der Waals surface area contributed by atoms with Crippen LogP contribution in [0.4, 0.5) is 15.1 Å². The Labute approximate surface area is 143 Å². The summed E-state index contributed by atoms with van der Waals surface area (Å²) in [4.78, 5) is 29.5. The molecule has 0 atom stereocenters. The second-order valence-corrected chi connectivity index (χ2v) is 6.31. The van der Waals surface area contributed by atoms with Gasteiger partial charge in [-0.3, -0.25) is 14.4 Å². The highest BCUT2D eigenvalue weighted by Gasteiger charge is 2.24. The molecule has 128 valence electrons. The lowest BCUT2D eigenvalue weighted by Gasteiger charge is -2.10. The molecule has 2 N–H and O–H groups in total. The lowest BCUT2D eigenvalue weighted by molar-refractivity contribution is 0.0365. The summed E-state index contributed by atoms with van der Waals surface area (Å²) in [5, 5.41) is 3.32. The number of carbonyl (C=O) groups is 2. The number of amides is 1. The van der Waals surface area contributed by atoms with Gasteiger partial charge in [-0.2, -0.15) is 0 Å². The first-order valence-electron chi connectivity index (χ1n) is 7.44. The molecule has 24 heavy (non-hydrogen) atoms. The Bertz CT molecular complexity index is 786. The number of ketones is 1. The fourth-order valence-corrected chi connectivity index (χ4v) is 3.36. The zero-order valence-electron chi connectivity index (χ0n) is 14.0. The number of halogens is 1. The highest BCUT2D eigenvalue weighted by atomic mass is 32.1. The molecular formula is C17H19FN2O3S. The van der Waals surface area contributed by atoms with Crippen molar-refractivity contribution in [1.29, 1.82) is 0 Å². The van der Waals surface area contributed by atoms with Crippen molar-refractivity contribution in [3.05, 3.63) is 45.6 Å². The first-order chi connectivity index (χ1) is 11.3. The Hall–Kier alpha value is -2.25. The lowest BCUT2D eigenvalue weighted by Crippen LogP contribution is -2.24. The second kappa shape index (κ2) is 7.55. The Morgan fingerprint density at radius 2 is 2.00 bits per heavy atom. The van der Waals surface area contributed by atoms with Crippen LogP contribution < -0.4 is 10.8 Å². The van der Waals surface area contributed by atoms with Crippen LogP contribution in [-0.4, -0.2) is 18.3 Å². The fourth-order valence-electron chi connectivity index (χ4n) is 2.24. The monoisotopic (exact) mass is 350 g/mol. The topological polar surface area (TPSA) is 67.4 Å². The summed E-state index contributed by atoms with van der Waals surface area (Å²) in [5.41, 5.74) is 4.16. The van der Waals surface area contributed by atoms with Crippen molar-refractivity contribution < 1.29 is 18.8 Å². The molecular weight excluding hydrogens is 331 g/mol. The average molecular weight is 350 g/mol. The van der Waals surface area contributed by atoms with Crippen molar-refractivity contribution in [2.45, 2.75) is 27.7 Å². The van der Waals surface area contributed by atoms with E-state index in [1.807, 2.05) is 0 Å². The van der Waals surface area contributed by atoms with Crippen molar-refractivity contribution in [1.82, 2.24) is 5.48 Å². The van der Waals surface area contributed by atoms with Gasteiger partial charge in [0, 0.05) is 0 Å². The van der Waals surface area contributed by atoms with E-state index in [9.17, 15) is 14.0 Å². The van der Waals surface area contributed by atoms with Crippen molar-refractivity contribution in [3.8, 4) is 0 Å². The highest BCUT2D eigenvalue weighted by molar-refractivity contribution is 7.18. The zero-order valence-corrected chi connectivity index (χ0v) is 14.8. The quantitative estimate of drug-likeness (QED) is 0.607. The number of benzene rings is 1. The number of aryl methyl sites for hydroxylation is 1. The molecule has 0 fully saturated rings. The van der Waals surface area contributed by atoms with Crippen LogP contribution >= 0.6 is 11.3 Å². The number of hydroxylamine groups is 1. The summed E-state index contributed by atoms with van der Waals surface area (Å²) < 4.78 is 14.1. The van der Waals surface area contributed by atoms with E-state index in [0.29, 0.717) is 22.0 Å². The van der Waals surface area contributed by atoms with Gasteiger partial charge >= 0.3 is 0 Å². The number of thiophene rings is 1. The minimum Gasteiger partial charge on any atom is -0.344 e. The molecule has 0 saturated carbocycles. The molecule has 0 radical (unpaired) electrons. The molecule has 1 amide bonds. The molecule has 0 aliphatic carbocycles. The third kappa shape index (κ3) is 3.80. The van der Waals surface area contributed by atoms with Gasteiger partial charge in [0.2, 0.25) is 0 Å². The summed E-state index contributed by atoms with van der Waals surface area (Å²) in [6.07, 6.45) is 0. The van der Waals surface area contributed by atoms with Gasteiger partial charge in [-0.15, -0.1) is 11.3 Å². The lowest BCUT2D eigenvalue weighted by atomic mass is 10.1. The molecule has 0 aliphatic rings. The first-order valence-corrected chi connectivity index (χ1v) is 8.26. The molecule has 1 aromatic heterocycles. The SMILES string of the molecule is CCONC(=O)c1c(Nc2ccc(C)cc2F)sc(C(C)=O)c1C. The van der Waals surface area contributed by atoms with Gasteiger partial charge in [0.15, 0.2) is 5.78 Å². The summed E-state index contributed by atoms with van der Waals surface area (Å²) in [5.74, 6) is -1.06. The van der Waals surface area contributed by atoms with Gasteiger partial charge in [-0.1, -0.05) is 6.07 Å². The van der Waals surface area contributed by atoms with Crippen LogP contribution in [0.15, 0.2) is 18.2 Å². The molecule has 0 unspecified atom stereocenters. The van der Waals surface area contributed by atoms with Gasteiger partial charge in [-0.25, -0.2) is 9.87 Å². The van der Waals surface area contributed by atoms with Gasteiger partial charge in [0.1, 0.15) is 10.8 Å². The molecule has 2 rings (SSSR count). The van der Waals surface area contributed by atoms with E-state index in [4.69, 9.17) is 4.84 Å². The van der Waals surface area contributed by atoms with E-state index < -0.39 is 11.7 Å². The average Bonchev–Trinajstić information content (AvgIpc) is 2.84. The molecule has 1 aromatic carbocycles. The van der Waals surface area contributed by atoms with Gasteiger partial charge in [0.25, 0.3) is 5.91 Å². The van der Waals surface area contributed by atoms with E-state index in [1.165, 1.54) is 13.0 Å². The van der Waals surface area contributed by atoms with Crippen molar-refractivity contribution >= 4 is 33.7 Å². The number of Topliss-reactive ketones (excluding diaryl/α,β-unsaturated/α-hetero) is 1. The first kappa shape index (κ1) is 18.1. The van der Waals surface area contributed by atoms with E-state index in [1.54, 1.807) is 32.9 Å². The summed E-state index contributed by atoms with van der Waals surface area (Å²) in [6.45, 7) is 6.95. The maximum absolute atomic E-state index is 14.1. The van der Waals surface area contributed by atoms with Crippen molar-refractivity contribution in [2.75, 3.05) is 11.9 Å². The molecule has 0 spiro atoms. The number of hydrogen-bond acceptors (Lipinski definition) is 5. The van der Waals surface area contributed by atoms with Gasteiger partial charge < -0.3 is 5.32 Å². The number of anilines is 2. The van der Waals surface area contributed by atoms with E-state index >= 15 is 0 Å². The standard InChI is InChI=1S/C17H19FN2O3S/c1-5-23-20-16(22)14-10(3)15(11(4)21)24-17(14)19-13-7-6-9(2)8-12(13)18/h6-8,19H,5H2,1-4H3,(H,20,22). The van der Waals surface area contributed by atoms with Gasteiger partial charge in [-0.05, 0) is 51.0 Å². The smallest absolute Gasteiger partial charge is 0.278 e. The van der Waals surface area contributed by atoms with Crippen LogP contribution in [0, 0.1) is 19.7 Å². The molecule has 2 aromatic rings. The summed E-state index contributed by atoms with van der Waals surface area (Å²) in [6, 6.07) is 4.75. The third-order valence-electron chi connectivity index (χ3n) is 3.38. The predicted octanol–water partition coefficient (Wildman–Crippen LogP) is 4.13. The third-order valence-corrected chi connectivity index (χ3v) is 4.68. The largest absolute Gasteiger partial charge is 0.344 e. The summed E-state index contributed by atoms with van der Waals surface area (Å²) in [7, 11) is 0. The number of hydrogen-bond donors (Lipinski definition) is 2. The predicted molar refractivity (Wildman–Crippen MR) is 92.6 cm³/mol. The van der Waals surface area contributed by atoms with Crippen LogP contribution in [0.1, 0.15) is 45.0 Å². The van der Waals surface area contributed by atoms with E-state index in [0.717, 1.165) is 16.9 Å². The molecule has 7 heteroatoms. The second-order valence-electron chi connectivity index (χ2n) is 5.29. The van der Waals surface area contributed by atoms with Crippen molar-refractivity contribution in [3.63, 3.8) is 0 Å². The molecule has 1 heterocycles. The Morgan fingerprint density at radius 3 is 2.58 bits per heavy atom. The van der Waals surface area contributed by atoms with E-state index in [-0.39, 0.29) is 17.0 Å². The van der Waals surface area contributed by atoms with Crippen molar-refractivity contribution in [2.24, 2.45) is 0 Å². The molecule has 0 saturated heterocycles. The Balaban J connectivity index is 2.45. The highest BCUT2D eigenvalue weighted by Crippen LogP contribution is 2.36. The molecule has 5 nitrogen and oxygen atoms in total. The minimum atomic E-state index is -0.479.